The van der Waals surface area contributed by atoms with Crippen LogP contribution in [-0.2, 0) is 33.6 Å². The SMILES string of the molecule is Cc1ccn(-c2cc(-c3cc(C(F)(F)F)cc(S(=O)(=O)N4CCN(C(=O)Cc5ccc(C(F)(F)F)cc5)CC4)c3)c[nH]2)c1. The molecule has 4 aromatic rings. The number of piperazine rings is 1. The fraction of sp³-hybridized carbons (Fsp3) is 0.276. The minimum atomic E-state index is -4.81. The molecule has 1 aliphatic heterocycles. The molecule has 0 saturated carbocycles. The third-order valence-electron chi connectivity index (χ3n) is 7.22. The van der Waals surface area contributed by atoms with E-state index in [4.69, 9.17) is 0 Å². The Bertz CT molecular complexity index is 1730. The topological polar surface area (TPSA) is 78.4 Å². The van der Waals surface area contributed by atoms with Gasteiger partial charge in [-0.2, -0.15) is 30.6 Å². The molecule has 0 unspecified atom stereocenters. The lowest BCUT2D eigenvalue weighted by molar-refractivity contribution is -0.138. The number of carbonyl (C=O) groups excluding carboxylic acids is 1. The van der Waals surface area contributed by atoms with Crippen molar-refractivity contribution in [2.75, 3.05) is 26.2 Å². The predicted octanol–water partition coefficient (Wildman–Crippen LogP) is 5.89. The van der Waals surface area contributed by atoms with Crippen molar-refractivity contribution in [2.45, 2.75) is 30.6 Å². The molecule has 1 saturated heterocycles. The van der Waals surface area contributed by atoms with Crippen LogP contribution in [0, 0.1) is 6.92 Å². The van der Waals surface area contributed by atoms with Crippen molar-refractivity contribution in [1.29, 1.82) is 0 Å². The highest BCUT2D eigenvalue weighted by Gasteiger charge is 2.36. The summed E-state index contributed by atoms with van der Waals surface area (Å²) in [5.74, 6) is 0.182. The number of sulfonamides is 1. The molecule has 2 aromatic carbocycles. The Hall–Kier alpha value is -4.04. The van der Waals surface area contributed by atoms with Crippen molar-refractivity contribution < 1.29 is 39.6 Å². The van der Waals surface area contributed by atoms with Gasteiger partial charge >= 0.3 is 12.4 Å². The molecule has 1 aliphatic rings. The molecule has 5 rings (SSSR count). The molecule has 0 bridgehead atoms. The summed E-state index contributed by atoms with van der Waals surface area (Å²) in [5.41, 5.74) is -0.191. The molecular weight excluding hydrogens is 598 g/mol. The maximum Gasteiger partial charge on any atom is 0.416 e. The van der Waals surface area contributed by atoms with E-state index in [1.807, 2.05) is 19.2 Å². The Morgan fingerprint density at radius 2 is 1.49 bits per heavy atom. The summed E-state index contributed by atoms with van der Waals surface area (Å²) in [6.07, 6.45) is -4.38. The van der Waals surface area contributed by atoms with Crippen LogP contribution >= 0.6 is 0 Å². The number of aryl methyl sites for hydroxylation is 1. The van der Waals surface area contributed by atoms with Crippen molar-refractivity contribution in [3.63, 3.8) is 0 Å². The summed E-state index contributed by atoms with van der Waals surface area (Å²) in [4.78, 5) is 16.6. The smallest absolute Gasteiger partial charge is 0.347 e. The zero-order chi connectivity index (χ0) is 31.2. The van der Waals surface area contributed by atoms with Crippen LogP contribution in [0.5, 0.6) is 0 Å². The van der Waals surface area contributed by atoms with Gasteiger partial charge in [-0.15, -0.1) is 0 Å². The highest BCUT2D eigenvalue weighted by Crippen LogP contribution is 2.36. The number of amides is 1. The van der Waals surface area contributed by atoms with Gasteiger partial charge in [0.2, 0.25) is 15.9 Å². The van der Waals surface area contributed by atoms with Crippen LogP contribution in [0.4, 0.5) is 26.3 Å². The van der Waals surface area contributed by atoms with E-state index in [9.17, 15) is 39.6 Å². The quantitative estimate of drug-likeness (QED) is 0.272. The second kappa shape index (κ2) is 11.2. The number of H-pyrrole nitrogens is 1. The Labute approximate surface area is 243 Å². The number of halogens is 6. The molecule has 1 N–H and O–H groups in total. The van der Waals surface area contributed by atoms with Gasteiger partial charge < -0.3 is 14.5 Å². The predicted molar refractivity (Wildman–Crippen MR) is 146 cm³/mol. The zero-order valence-corrected chi connectivity index (χ0v) is 23.5. The van der Waals surface area contributed by atoms with Crippen molar-refractivity contribution in [3.8, 4) is 16.9 Å². The van der Waals surface area contributed by atoms with Crippen LogP contribution in [0.15, 0.2) is 78.1 Å². The molecule has 0 spiro atoms. The van der Waals surface area contributed by atoms with Gasteiger partial charge in [0.25, 0.3) is 0 Å². The summed E-state index contributed by atoms with van der Waals surface area (Å²) in [6.45, 7) is 1.52. The van der Waals surface area contributed by atoms with Gasteiger partial charge in [-0.1, -0.05) is 12.1 Å². The summed E-state index contributed by atoms with van der Waals surface area (Å²) < 4.78 is 110. The second-order valence-electron chi connectivity index (χ2n) is 10.3. The Morgan fingerprint density at radius 3 is 2.07 bits per heavy atom. The van der Waals surface area contributed by atoms with Gasteiger partial charge in [0.1, 0.15) is 5.82 Å². The number of alkyl halides is 6. The van der Waals surface area contributed by atoms with Crippen molar-refractivity contribution in [1.82, 2.24) is 18.8 Å². The first-order chi connectivity index (χ1) is 20.1. The number of rotatable bonds is 6. The third-order valence-corrected chi connectivity index (χ3v) is 9.10. The molecule has 3 heterocycles. The maximum atomic E-state index is 13.8. The normalized spacial score (nSPS) is 15.2. The lowest BCUT2D eigenvalue weighted by atomic mass is 10.1. The largest absolute Gasteiger partial charge is 0.416 e. The van der Waals surface area contributed by atoms with Gasteiger partial charge in [0, 0.05) is 50.3 Å². The number of nitrogens with zero attached hydrogens (tertiary/aromatic N) is 3. The lowest BCUT2D eigenvalue weighted by Gasteiger charge is -2.34. The molecule has 0 atom stereocenters. The lowest BCUT2D eigenvalue weighted by Crippen LogP contribution is -2.50. The van der Waals surface area contributed by atoms with E-state index >= 15 is 0 Å². The summed E-state index contributed by atoms with van der Waals surface area (Å²) in [5, 5.41) is 0. The van der Waals surface area contributed by atoms with E-state index in [0.717, 1.165) is 28.1 Å². The number of hydrogen-bond donors (Lipinski definition) is 1. The van der Waals surface area contributed by atoms with E-state index in [-0.39, 0.29) is 38.2 Å². The molecule has 43 heavy (non-hydrogen) atoms. The first-order valence-electron chi connectivity index (χ1n) is 13.1. The van der Waals surface area contributed by atoms with E-state index in [1.54, 1.807) is 16.8 Å². The first-order valence-corrected chi connectivity index (χ1v) is 14.6. The van der Waals surface area contributed by atoms with Crippen LogP contribution in [0.1, 0.15) is 22.3 Å². The van der Waals surface area contributed by atoms with E-state index < -0.39 is 44.3 Å². The number of nitrogens with one attached hydrogen (secondary N) is 1. The number of aromatic amines is 1. The van der Waals surface area contributed by atoms with Crippen molar-refractivity contribution in [2.24, 2.45) is 0 Å². The Morgan fingerprint density at radius 1 is 0.837 bits per heavy atom. The fourth-order valence-electron chi connectivity index (χ4n) is 4.85. The van der Waals surface area contributed by atoms with E-state index in [2.05, 4.69) is 4.98 Å². The van der Waals surface area contributed by atoms with Gasteiger partial charge in [-0.3, -0.25) is 4.79 Å². The minimum Gasteiger partial charge on any atom is -0.347 e. The minimum absolute atomic E-state index is 0.0258. The number of carbonyl (C=O) groups is 1. The molecule has 0 aliphatic carbocycles. The molecule has 0 radical (unpaired) electrons. The molecule has 228 valence electrons. The monoisotopic (exact) mass is 624 g/mol. The standard InChI is InChI=1S/C29H26F6N4O3S/c1-19-6-7-38(18-19)26-15-22(17-36-26)21-13-24(29(33,34)35)16-25(14-21)43(41,42)39-10-8-37(9-11-39)27(40)12-20-2-4-23(5-3-20)28(30,31)32/h2-7,13-18,36H,8-12H2,1H3. The van der Waals surface area contributed by atoms with Gasteiger partial charge in [0.05, 0.1) is 22.4 Å². The van der Waals surface area contributed by atoms with Gasteiger partial charge in [0.15, 0.2) is 0 Å². The molecule has 1 amide bonds. The van der Waals surface area contributed by atoms with Crippen molar-refractivity contribution in [3.05, 3.63) is 95.4 Å². The summed E-state index contributed by atoms with van der Waals surface area (Å²) in [7, 11) is -4.37. The van der Waals surface area contributed by atoms with E-state index in [1.165, 1.54) is 29.3 Å². The Balaban J connectivity index is 1.32. The number of hydrogen-bond acceptors (Lipinski definition) is 3. The Kier molecular flexibility index (Phi) is 7.94. The summed E-state index contributed by atoms with van der Waals surface area (Å²) >= 11 is 0. The summed E-state index contributed by atoms with van der Waals surface area (Å²) in [6, 6.07) is 10.3. The molecular formula is C29H26F6N4O3S. The zero-order valence-electron chi connectivity index (χ0n) is 22.7. The van der Waals surface area contributed by atoms with Crippen molar-refractivity contribution >= 4 is 15.9 Å². The fourth-order valence-corrected chi connectivity index (χ4v) is 6.35. The second-order valence-corrected chi connectivity index (χ2v) is 12.2. The molecule has 14 heteroatoms. The van der Waals surface area contributed by atoms with Crippen LogP contribution in [0.25, 0.3) is 16.9 Å². The van der Waals surface area contributed by atoms with Gasteiger partial charge in [-0.25, -0.2) is 8.42 Å². The van der Waals surface area contributed by atoms with Crippen LogP contribution in [0.2, 0.25) is 0 Å². The first kappa shape index (κ1) is 30.4. The third kappa shape index (κ3) is 6.64. The molecule has 7 nitrogen and oxygen atoms in total. The van der Waals surface area contributed by atoms with Crippen LogP contribution in [-0.4, -0.2) is 59.3 Å². The molecule has 2 aromatic heterocycles. The van der Waals surface area contributed by atoms with E-state index in [0.29, 0.717) is 23.0 Å². The average Bonchev–Trinajstić information content (AvgIpc) is 3.62. The maximum absolute atomic E-state index is 13.8. The number of aromatic nitrogens is 2. The van der Waals surface area contributed by atoms with Crippen LogP contribution < -0.4 is 0 Å². The highest BCUT2D eigenvalue weighted by atomic mass is 32.2. The molecule has 1 fully saturated rings. The van der Waals surface area contributed by atoms with Crippen LogP contribution in [0.3, 0.4) is 0 Å². The highest BCUT2D eigenvalue weighted by molar-refractivity contribution is 7.89. The average molecular weight is 625 g/mol. The number of benzene rings is 2. The van der Waals surface area contributed by atoms with Gasteiger partial charge in [-0.05, 0) is 66.1 Å².